The quantitative estimate of drug-likeness (QED) is 0.449. The molecule has 0 saturated heterocycles. The Morgan fingerprint density at radius 3 is 3.10 bits per heavy atom. The second kappa shape index (κ2) is 6.38. The Labute approximate surface area is 133 Å². The number of halogens is 1. The first-order valence-electron chi connectivity index (χ1n) is 5.95. The second-order valence-corrected chi connectivity index (χ2v) is 6.23. The monoisotopic (exact) mass is 336 g/mol. The third kappa shape index (κ3) is 3.31. The van der Waals surface area contributed by atoms with Gasteiger partial charge in [-0.2, -0.15) is 0 Å². The van der Waals surface area contributed by atoms with Gasteiger partial charge in [-0.3, -0.25) is 4.79 Å². The molecule has 0 fully saturated rings. The van der Waals surface area contributed by atoms with Crippen molar-refractivity contribution in [2.75, 3.05) is 11.1 Å². The molecule has 0 aliphatic rings. The molecule has 0 spiro atoms. The molecule has 1 amide bonds. The lowest BCUT2D eigenvalue weighted by atomic mass is 10.4. The smallest absolute Gasteiger partial charge is 0.234 e. The first-order valence-corrected chi connectivity index (χ1v) is 8.20. The highest BCUT2D eigenvalue weighted by molar-refractivity contribution is 8.00. The van der Waals surface area contributed by atoms with Crippen LogP contribution in [0.2, 0.25) is 5.15 Å². The average Bonchev–Trinajstić information content (AvgIpc) is 2.96. The molecule has 3 rings (SSSR count). The minimum atomic E-state index is -0.154. The summed E-state index contributed by atoms with van der Waals surface area (Å²) in [6.07, 6.45) is 3.08. The molecule has 1 N–H and O–H groups in total. The molecule has 21 heavy (non-hydrogen) atoms. The maximum Gasteiger partial charge on any atom is 0.234 e. The largest absolute Gasteiger partial charge is 0.323 e. The van der Waals surface area contributed by atoms with Gasteiger partial charge >= 0.3 is 0 Å². The number of rotatable bonds is 4. The molecule has 0 unspecified atom stereocenters. The predicted molar refractivity (Wildman–Crippen MR) is 86.0 cm³/mol. The van der Waals surface area contributed by atoms with Crippen LogP contribution in [0.1, 0.15) is 0 Å². The number of amides is 1. The highest BCUT2D eigenvalue weighted by Gasteiger charge is 2.10. The lowest BCUT2D eigenvalue weighted by Gasteiger charge is -2.06. The number of fused-ring (bicyclic) bond motifs is 1. The number of hydrogen-bond acceptors (Lipinski definition) is 6. The van der Waals surface area contributed by atoms with Crippen LogP contribution in [0.3, 0.4) is 0 Å². The highest BCUT2D eigenvalue weighted by atomic mass is 35.5. The lowest BCUT2D eigenvalue weighted by molar-refractivity contribution is -0.113. The van der Waals surface area contributed by atoms with Gasteiger partial charge in [0.05, 0.1) is 21.7 Å². The molecule has 3 aromatic heterocycles. The van der Waals surface area contributed by atoms with Crippen LogP contribution >= 0.6 is 34.7 Å². The molecule has 0 saturated carbocycles. The highest BCUT2D eigenvalue weighted by Crippen LogP contribution is 2.28. The van der Waals surface area contributed by atoms with E-state index in [2.05, 4.69) is 20.3 Å². The van der Waals surface area contributed by atoms with E-state index >= 15 is 0 Å². The fourth-order valence-corrected chi connectivity index (χ4v) is 3.58. The average molecular weight is 337 g/mol. The number of thiophene rings is 1. The van der Waals surface area contributed by atoms with Crippen molar-refractivity contribution in [1.82, 2.24) is 15.0 Å². The van der Waals surface area contributed by atoms with Gasteiger partial charge in [-0.1, -0.05) is 23.4 Å². The number of pyridine rings is 1. The van der Waals surface area contributed by atoms with E-state index in [-0.39, 0.29) is 16.8 Å². The van der Waals surface area contributed by atoms with Gasteiger partial charge in [0.15, 0.2) is 5.15 Å². The summed E-state index contributed by atoms with van der Waals surface area (Å²) in [6.45, 7) is 0. The Hall–Kier alpha value is -1.70. The van der Waals surface area contributed by atoms with Crippen molar-refractivity contribution in [2.45, 2.75) is 5.03 Å². The Morgan fingerprint density at radius 1 is 1.33 bits per heavy atom. The zero-order valence-electron chi connectivity index (χ0n) is 10.6. The third-order valence-corrected chi connectivity index (χ3v) is 4.91. The molecule has 3 heterocycles. The Morgan fingerprint density at radius 2 is 2.24 bits per heavy atom. The predicted octanol–water partition coefficient (Wildman–Crippen LogP) is 3.47. The zero-order chi connectivity index (χ0) is 14.7. The number of carbonyl (C=O) groups excluding carboxylic acids is 1. The van der Waals surface area contributed by atoms with Crippen molar-refractivity contribution < 1.29 is 4.79 Å². The molecule has 106 valence electrons. The van der Waals surface area contributed by atoms with E-state index in [0.717, 1.165) is 15.2 Å². The first kappa shape index (κ1) is 14.2. The van der Waals surface area contributed by atoms with Crippen LogP contribution in [0.15, 0.2) is 41.1 Å². The number of carbonyl (C=O) groups is 1. The second-order valence-electron chi connectivity index (χ2n) is 3.99. The van der Waals surface area contributed by atoms with E-state index in [1.54, 1.807) is 29.7 Å². The van der Waals surface area contributed by atoms with Crippen LogP contribution in [0, 0.1) is 0 Å². The van der Waals surface area contributed by atoms with Crippen molar-refractivity contribution in [1.29, 1.82) is 0 Å². The van der Waals surface area contributed by atoms with Crippen LogP contribution in [0.5, 0.6) is 0 Å². The maximum atomic E-state index is 12.0. The number of hydrogen-bond donors (Lipinski definition) is 1. The van der Waals surface area contributed by atoms with Gasteiger partial charge in [0.1, 0.15) is 11.4 Å². The van der Waals surface area contributed by atoms with Crippen molar-refractivity contribution in [2.24, 2.45) is 0 Å². The first-order chi connectivity index (χ1) is 10.2. The normalized spacial score (nSPS) is 10.7. The summed E-state index contributed by atoms with van der Waals surface area (Å²) in [4.78, 5) is 24.3. The number of thioether (sulfide) groups is 1. The van der Waals surface area contributed by atoms with Crippen molar-refractivity contribution in [3.8, 4) is 0 Å². The number of nitrogens with zero attached hydrogens (tertiary/aromatic N) is 3. The molecule has 0 aliphatic carbocycles. The lowest BCUT2D eigenvalue weighted by Crippen LogP contribution is -2.14. The van der Waals surface area contributed by atoms with Gasteiger partial charge in [0, 0.05) is 6.20 Å². The molecular weight excluding hydrogens is 328 g/mol. The van der Waals surface area contributed by atoms with Crippen molar-refractivity contribution in [3.63, 3.8) is 0 Å². The van der Waals surface area contributed by atoms with Crippen LogP contribution in [0.4, 0.5) is 5.69 Å². The van der Waals surface area contributed by atoms with Crippen LogP contribution in [0.25, 0.3) is 10.2 Å². The molecule has 0 aromatic carbocycles. The molecule has 3 aromatic rings. The van der Waals surface area contributed by atoms with Gasteiger partial charge in [0.2, 0.25) is 5.91 Å². The van der Waals surface area contributed by atoms with Gasteiger partial charge in [0.25, 0.3) is 0 Å². The third-order valence-electron chi connectivity index (χ3n) is 2.58. The molecule has 0 bridgehead atoms. The summed E-state index contributed by atoms with van der Waals surface area (Å²) < 4.78 is 0.995. The van der Waals surface area contributed by atoms with E-state index in [1.165, 1.54) is 18.1 Å². The van der Waals surface area contributed by atoms with Gasteiger partial charge < -0.3 is 5.32 Å². The summed E-state index contributed by atoms with van der Waals surface area (Å²) in [5, 5.41) is 5.77. The zero-order valence-corrected chi connectivity index (χ0v) is 13.0. The summed E-state index contributed by atoms with van der Waals surface area (Å²) in [5.74, 6) is 0.0908. The molecule has 0 atom stereocenters. The van der Waals surface area contributed by atoms with Gasteiger partial charge in [-0.05, 0) is 23.6 Å². The summed E-state index contributed by atoms with van der Waals surface area (Å²) in [5.41, 5.74) is 1.40. The molecule has 0 radical (unpaired) electrons. The number of nitrogens with one attached hydrogen (secondary N) is 1. The minimum Gasteiger partial charge on any atom is -0.323 e. The van der Waals surface area contributed by atoms with Crippen molar-refractivity contribution >= 4 is 56.5 Å². The van der Waals surface area contributed by atoms with Crippen LogP contribution in [-0.2, 0) is 4.79 Å². The molecule has 8 heteroatoms. The standard InChI is InChI=1S/C13H9ClN4OS2/c14-12-9(2-1-4-15-12)18-10(19)6-21-13-11-8(3-5-20-11)16-7-17-13/h1-5,7H,6H2,(H,18,19). The molecular formula is C13H9ClN4OS2. The SMILES string of the molecule is O=C(CSc1ncnc2ccsc12)Nc1cccnc1Cl. The fourth-order valence-electron chi connectivity index (χ4n) is 1.67. The van der Waals surface area contributed by atoms with Gasteiger partial charge in [-0.25, -0.2) is 15.0 Å². The van der Waals surface area contributed by atoms with Crippen LogP contribution in [-0.4, -0.2) is 26.6 Å². The number of anilines is 1. The van der Waals surface area contributed by atoms with E-state index < -0.39 is 0 Å². The molecule has 0 aliphatic heterocycles. The Balaban J connectivity index is 1.66. The topological polar surface area (TPSA) is 67.8 Å². The fraction of sp³-hybridized carbons (Fsp3) is 0.0769. The Kier molecular flexibility index (Phi) is 4.33. The summed E-state index contributed by atoms with van der Waals surface area (Å²) >= 11 is 8.83. The van der Waals surface area contributed by atoms with Gasteiger partial charge in [-0.15, -0.1) is 11.3 Å². The maximum absolute atomic E-state index is 12.0. The number of aromatic nitrogens is 3. The van der Waals surface area contributed by atoms with E-state index in [9.17, 15) is 4.79 Å². The summed E-state index contributed by atoms with van der Waals surface area (Å²) in [6, 6.07) is 5.36. The van der Waals surface area contributed by atoms with E-state index in [1.807, 2.05) is 11.4 Å². The van der Waals surface area contributed by atoms with Crippen molar-refractivity contribution in [3.05, 3.63) is 41.3 Å². The van der Waals surface area contributed by atoms with E-state index in [4.69, 9.17) is 11.6 Å². The van der Waals surface area contributed by atoms with E-state index in [0.29, 0.717) is 5.69 Å². The molecule has 5 nitrogen and oxygen atoms in total. The Bertz CT molecular complexity index is 792. The van der Waals surface area contributed by atoms with Crippen LogP contribution < -0.4 is 5.32 Å². The summed E-state index contributed by atoms with van der Waals surface area (Å²) in [7, 11) is 0. The minimum absolute atomic E-state index is 0.154.